The molecule has 0 aliphatic carbocycles. The van der Waals surface area contributed by atoms with E-state index in [2.05, 4.69) is 0 Å². The topological polar surface area (TPSA) is 40.5 Å². The average Bonchev–Trinajstić information content (AvgIpc) is 2.53. The molecule has 110 valence electrons. The maximum atomic E-state index is 12.9. The van der Waals surface area contributed by atoms with Crippen molar-refractivity contribution < 1.29 is 14.3 Å². The third-order valence-corrected chi connectivity index (χ3v) is 3.47. The van der Waals surface area contributed by atoms with Gasteiger partial charge in [0.15, 0.2) is 0 Å². The highest BCUT2D eigenvalue weighted by Crippen LogP contribution is 2.24. The molecule has 2 rings (SSSR count). The zero-order valence-corrected chi connectivity index (χ0v) is 11.9. The molecule has 0 fully saturated rings. The van der Waals surface area contributed by atoms with E-state index in [1.165, 1.54) is 24.3 Å². The smallest absolute Gasteiger partial charge is 0.254 e. The quantitative estimate of drug-likeness (QED) is 0.918. The third-order valence-electron chi connectivity index (χ3n) is 3.47. The predicted molar refractivity (Wildman–Crippen MR) is 79.4 cm³/mol. The van der Waals surface area contributed by atoms with Gasteiger partial charge >= 0.3 is 0 Å². The molecular formula is C17H18FNO2. The van der Waals surface area contributed by atoms with Crippen molar-refractivity contribution in [1.82, 2.24) is 4.90 Å². The van der Waals surface area contributed by atoms with E-state index >= 15 is 0 Å². The zero-order valence-electron chi connectivity index (χ0n) is 11.9. The molecule has 3 nitrogen and oxygen atoms in total. The second-order valence-electron chi connectivity index (χ2n) is 4.86. The van der Waals surface area contributed by atoms with Crippen LogP contribution in [0.2, 0.25) is 0 Å². The van der Waals surface area contributed by atoms with Gasteiger partial charge in [-0.15, -0.1) is 0 Å². The highest BCUT2D eigenvalue weighted by molar-refractivity contribution is 5.94. The lowest BCUT2D eigenvalue weighted by Crippen LogP contribution is -2.31. The molecule has 1 unspecified atom stereocenters. The molecule has 0 aliphatic heterocycles. The van der Waals surface area contributed by atoms with E-state index in [0.717, 1.165) is 5.56 Å². The van der Waals surface area contributed by atoms with Gasteiger partial charge in [0.05, 0.1) is 6.04 Å². The highest BCUT2D eigenvalue weighted by atomic mass is 19.1. The van der Waals surface area contributed by atoms with Crippen molar-refractivity contribution in [3.05, 3.63) is 71.5 Å². The van der Waals surface area contributed by atoms with Crippen molar-refractivity contribution >= 4 is 5.91 Å². The van der Waals surface area contributed by atoms with E-state index in [4.69, 9.17) is 0 Å². The monoisotopic (exact) mass is 287 g/mol. The summed E-state index contributed by atoms with van der Waals surface area (Å²) >= 11 is 0. The normalized spacial score (nSPS) is 12.0. The predicted octanol–water partition coefficient (Wildman–Crippen LogP) is 3.02. The highest BCUT2D eigenvalue weighted by Gasteiger charge is 2.22. The van der Waals surface area contributed by atoms with Crippen molar-refractivity contribution in [2.24, 2.45) is 0 Å². The lowest BCUT2D eigenvalue weighted by molar-refractivity contribution is 0.0705. The largest absolute Gasteiger partial charge is 0.396 e. The molecule has 4 heteroatoms. The summed E-state index contributed by atoms with van der Waals surface area (Å²) in [5.41, 5.74) is 1.39. The first kappa shape index (κ1) is 15.2. The molecule has 0 saturated carbocycles. The Morgan fingerprint density at radius 3 is 2.33 bits per heavy atom. The SMILES string of the molecule is CN(C(=O)c1ccc(F)cc1)C(CCO)c1ccccc1. The number of benzene rings is 2. The Labute approximate surface area is 123 Å². The molecule has 0 aromatic heterocycles. The maximum Gasteiger partial charge on any atom is 0.254 e. The lowest BCUT2D eigenvalue weighted by Gasteiger charge is -2.28. The Kier molecular flexibility index (Phi) is 5.06. The van der Waals surface area contributed by atoms with Gasteiger partial charge in [-0.05, 0) is 36.2 Å². The van der Waals surface area contributed by atoms with Crippen molar-refractivity contribution in [3.8, 4) is 0 Å². The summed E-state index contributed by atoms with van der Waals surface area (Å²) in [7, 11) is 1.69. The summed E-state index contributed by atoms with van der Waals surface area (Å²) in [5.74, 6) is -0.568. The first-order valence-electron chi connectivity index (χ1n) is 6.82. The Hall–Kier alpha value is -2.20. The Bertz CT molecular complexity index is 583. The van der Waals surface area contributed by atoms with Gasteiger partial charge in [0, 0.05) is 19.2 Å². The van der Waals surface area contributed by atoms with Crippen LogP contribution in [0, 0.1) is 5.82 Å². The molecule has 1 atom stereocenters. The maximum absolute atomic E-state index is 12.9. The molecule has 2 aromatic rings. The molecule has 0 radical (unpaired) electrons. The van der Waals surface area contributed by atoms with Crippen LogP contribution in [0.3, 0.4) is 0 Å². The molecule has 0 heterocycles. The number of carbonyl (C=O) groups excluding carboxylic acids is 1. The van der Waals surface area contributed by atoms with Gasteiger partial charge in [-0.2, -0.15) is 0 Å². The van der Waals surface area contributed by atoms with Crippen LogP contribution < -0.4 is 0 Å². The van der Waals surface area contributed by atoms with Crippen LogP contribution in [0.15, 0.2) is 54.6 Å². The van der Waals surface area contributed by atoms with Gasteiger partial charge in [0.2, 0.25) is 0 Å². The molecular weight excluding hydrogens is 269 g/mol. The molecule has 2 aromatic carbocycles. The standard InChI is InChI=1S/C17H18FNO2/c1-19(17(21)14-7-9-15(18)10-8-14)16(11-12-20)13-5-3-2-4-6-13/h2-10,16,20H,11-12H2,1H3. The second kappa shape index (κ2) is 6.99. The molecule has 0 spiro atoms. The minimum atomic E-state index is -0.371. The second-order valence-corrected chi connectivity index (χ2v) is 4.86. The number of halogens is 1. The Morgan fingerprint density at radius 1 is 1.14 bits per heavy atom. The van der Waals surface area contributed by atoms with E-state index in [0.29, 0.717) is 12.0 Å². The summed E-state index contributed by atoms with van der Waals surface area (Å²) in [5, 5.41) is 9.25. The number of amides is 1. The molecule has 0 saturated heterocycles. The average molecular weight is 287 g/mol. The van der Waals surface area contributed by atoms with Crippen molar-refractivity contribution in [3.63, 3.8) is 0 Å². The van der Waals surface area contributed by atoms with Crippen molar-refractivity contribution in [1.29, 1.82) is 0 Å². The Balaban J connectivity index is 2.24. The summed E-state index contributed by atoms with van der Waals surface area (Å²) in [6.07, 6.45) is 0.452. The van der Waals surface area contributed by atoms with E-state index in [1.807, 2.05) is 30.3 Å². The number of aliphatic hydroxyl groups excluding tert-OH is 1. The van der Waals surface area contributed by atoms with Crippen LogP contribution in [-0.4, -0.2) is 29.6 Å². The van der Waals surface area contributed by atoms with Crippen LogP contribution in [-0.2, 0) is 0 Å². The van der Waals surface area contributed by atoms with E-state index < -0.39 is 0 Å². The summed E-state index contributed by atoms with van der Waals surface area (Å²) in [6, 6.07) is 14.8. The van der Waals surface area contributed by atoms with Gasteiger partial charge in [-0.1, -0.05) is 30.3 Å². The number of hydrogen-bond donors (Lipinski definition) is 1. The van der Waals surface area contributed by atoms with Crippen LogP contribution in [0.5, 0.6) is 0 Å². The van der Waals surface area contributed by atoms with Gasteiger partial charge in [0.1, 0.15) is 5.82 Å². The lowest BCUT2D eigenvalue weighted by atomic mass is 10.0. The molecule has 21 heavy (non-hydrogen) atoms. The van der Waals surface area contributed by atoms with Gasteiger partial charge < -0.3 is 10.0 Å². The van der Waals surface area contributed by atoms with Crippen LogP contribution >= 0.6 is 0 Å². The summed E-state index contributed by atoms with van der Waals surface area (Å²) < 4.78 is 12.9. The van der Waals surface area contributed by atoms with Gasteiger partial charge in [0.25, 0.3) is 5.91 Å². The summed E-state index contributed by atoms with van der Waals surface area (Å²) in [4.78, 5) is 14.0. The van der Waals surface area contributed by atoms with Crippen LogP contribution in [0.4, 0.5) is 4.39 Å². The number of nitrogens with zero attached hydrogens (tertiary/aromatic N) is 1. The van der Waals surface area contributed by atoms with Crippen molar-refractivity contribution in [2.45, 2.75) is 12.5 Å². The molecule has 0 aliphatic rings. The third kappa shape index (κ3) is 3.67. The first-order chi connectivity index (χ1) is 10.1. The van der Waals surface area contributed by atoms with Crippen LogP contribution in [0.1, 0.15) is 28.4 Å². The van der Waals surface area contributed by atoms with Crippen LogP contribution in [0.25, 0.3) is 0 Å². The fourth-order valence-corrected chi connectivity index (χ4v) is 2.32. The fraction of sp³-hybridized carbons (Fsp3) is 0.235. The zero-order chi connectivity index (χ0) is 15.2. The van der Waals surface area contributed by atoms with E-state index in [-0.39, 0.29) is 24.4 Å². The molecule has 0 bridgehead atoms. The minimum Gasteiger partial charge on any atom is -0.396 e. The first-order valence-corrected chi connectivity index (χ1v) is 6.82. The Morgan fingerprint density at radius 2 is 1.76 bits per heavy atom. The number of aliphatic hydroxyl groups is 1. The molecule has 1 N–H and O–H groups in total. The van der Waals surface area contributed by atoms with E-state index in [9.17, 15) is 14.3 Å². The number of carbonyl (C=O) groups is 1. The van der Waals surface area contributed by atoms with Crippen molar-refractivity contribution in [2.75, 3.05) is 13.7 Å². The van der Waals surface area contributed by atoms with E-state index in [1.54, 1.807) is 11.9 Å². The molecule has 1 amide bonds. The van der Waals surface area contributed by atoms with Gasteiger partial charge in [-0.3, -0.25) is 4.79 Å². The summed E-state index contributed by atoms with van der Waals surface area (Å²) in [6.45, 7) is -0.0133. The number of hydrogen-bond acceptors (Lipinski definition) is 2. The minimum absolute atomic E-state index is 0.0133. The fourth-order valence-electron chi connectivity index (χ4n) is 2.32. The number of rotatable bonds is 5. The van der Waals surface area contributed by atoms with Gasteiger partial charge in [-0.25, -0.2) is 4.39 Å².